The van der Waals surface area contributed by atoms with Crippen molar-refractivity contribution in [1.29, 1.82) is 0 Å². The van der Waals surface area contributed by atoms with Gasteiger partial charge in [0.25, 0.3) is 11.8 Å². The fourth-order valence-electron chi connectivity index (χ4n) is 3.04. The van der Waals surface area contributed by atoms with Gasteiger partial charge in [0, 0.05) is 23.5 Å². The predicted molar refractivity (Wildman–Crippen MR) is 101 cm³/mol. The largest absolute Gasteiger partial charge is 0.495 e. The molecule has 0 atom stereocenters. The van der Waals surface area contributed by atoms with Gasteiger partial charge < -0.3 is 9.30 Å². The van der Waals surface area contributed by atoms with Crippen LogP contribution in [0.1, 0.15) is 17.0 Å². The van der Waals surface area contributed by atoms with Gasteiger partial charge in [-0.3, -0.25) is 19.8 Å². The molecule has 4 amide bonds. The molecule has 1 aromatic heterocycles. The molecule has 1 saturated heterocycles. The molecule has 1 aromatic carbocycles. The third-order valence-corrected chi connectivity index (χ3v) is 4.69. The van der Waals surface area contributed by atoms with Gasteiger partial charge in [-0.05, 0) is 49.8 Å². The number of rotatable bonds is 3. The molecule has 1 fully saturated rings. The second kappa shape index (κ2) is 6.92. The Bertz CT molecular complexity index is 1010. The predicted octanol–water partition coefficient (Wildman–Crippen LogP) is 2.85. The van der Waals surface area contributed by atoms with Crippen molar-refractivity contribution in [3.63, 3.8) is 0 Å². The third-order valence-electron chi connectivity index (χ3n) is 4.46. The van der Waals surface area contributed by atoms with E-state index in [4.69, 9.17) is 16.3 Å². The number of ether oxygens (including phenoxy) is 1. The number of nitrogens with one attached hydrogen (secondary N) is 1. The number of aryl methyl sites for hydroxylation is 1. The molecule has 0 spiro atoms. The first kappa shape index (κ1) is 18.7. The molecular weight excluding hydrogens is 370 g/mol. The number of imide groups is 2. The number of hydrogen-bond acceptors (Lipinski definition) is 4. The maximum Gasteiger partial charge on any atom is 0.331 e. The monoisotopic (exact) mass is 387 g/mol. The fraction of sp³-hybridized carbons (Fsp3) is 0.211. The van der Waals surface area contributed by atoms with Gasteiger partial charge in [-0.2, -0.15) is 0 Å². The first-order valence-electron chi connectivity index (χ1n) is 8.12. The SMILES string of the molecule is COc1ccc(Cl)cc1-n1c(C)cc(/C=C2/C(=O)NC(=O)N(C)C2=O)c1C. The molecule has 0 unspecified atom stereocenters. The van der Waals surface area contributed by atoms with E-state index in [1.165, 1.54) is 13.1 Å². The number of aromatic nitrogens is 1. The van der Waals surface area contributed by atoms with E-state index in [-0.39, 0.29) is 5.57 Å². The number of barbiturate groups is 1. The minimum absolute atomic E-state index is 0.101. The molecule has 1 N–H and O–H groups in total. The number of hydrogen-bond donors (Lipinski definition) is 1. The summed E-state index contributed by atoms with van der Waals surface area (Å²) in [4.78, 5) is 36.8. The van der Waals surface area contributed by atoms with Gasteiger partial charge in [-0.25, -0.2) is 4.79 Å². The Balaban J connectivity index is 2.13. The highest BCUT2D eigenvalue weighted by atomic mass is 35.5. The molecule has 7 nitrogen and oxygen atoms in total. The van der Waals surface area contributed by atoms with Crippen LogP contribution in [0.5, 0.6) is 5.75 Å². The molecule has 1 aliphatic heterocycles. The van der Waals surface area contributed by atoms with Gasteiger partial charge in [0.05, 0.1) is 12.8 Å². The van der Waals surface area contributed by atoms with Crippen LogP contribution in [-0.2, 0) is 9.59 Å². The Morgan fingerprint density at radius 2 is 1.85 bits per heavy atom. The molecule has 2 aromatic rings. The summed E-state index contributed by atoms with van der Waals surface area (Å²) < 4.78 is 7.35. The maximum atomic E-state index is 12.3. The minimum Gasteiger partial charge on any atom is -0.495 e. The Morgan fingerprint density at radius 1 is 1.15 bits per heavy atom. The topological polar surface area (TPSA) is 80.6 Å². The lowest BCUT2D eigenvalue weighted by Gasteiger charge is -2.22. The summed E-state index contributed by atoms with van der Waals surface area (Å²) in [5.74, 6) is -0.723. The average Bonchev–Trinajstić information content (AvgIpc) is 2.90. The van der Waals surface area contributed by atoms with E-state index in [0.29, 0.717) is 16.3 Å². The van der Waals surface area contributed by atoms with Crippen molar-refractivity contribution in [1.82, 2.24) is 14.8 Å². The molecule has 2 heterocycles. The van der Waals surface area contributed by atoms with Crippen LogP contribution in [0.25, 0.3) is 11.8 Å². The zero-order valence-electron chi connectivity index (χ0n) is 15.3. The maximum absolute atomic E-state index is 12.3. The summed E-state index contributed by atoms with van der Waals surface area (Å²) in [6.07, 6.45) is 1.48. The Kier molecular flexibility index (Phi) is 4.80. The van der Waals surface area contributed by atoms with Crippen molar-refractivity contribution in [2.45, 2.75) is 13.8 Å². The van der Waals surface area contributed by atoms with Gasteiger partial charge in [0.1, 0.15) is 11.3 Å². The van der Waals surface area contributed by atoms with Gasteiger partial charge in [-0.15, -0.1) is 0 Å². The fourth-order valence-corrected chi connectivity index (χ4v) is 3.21. The number of carbonyl (C=O) groups excluding carboxylic acids is 3. The molecule has 3 rings (SSSR count). The van der Waals surface area contributed by atoms with E-state index in [1.807, 2.05) is 24.5 Å². The van der Waals surface area contributed by atoms with Crippen LogP contribution in [0.3, 0.4) is 0 Å². The summed E-state index contributed by atoms with van der Waals surface area (Å²) in [6.45, 7) is 3.76. The number of nitrogens with zero attached hydrogens (tertiary/aromatic N) is 2. The Hall–Kier alpha value is -3.06. The van der Waals surface area contributed by atoms with Crippen molar-refractivity contribution < 1.29 is 19.1 Å². The Labute approximate surface area is 161 Å². The second-order valence-corrected chi connectivity index (χ2v) is 6.60. The molecule has 0 bridgehead atoms. The molecule has 0 radical (unpaired) electrons. The minimum atomic E-state index is -0.740. The molecule has 0 aliphatic carbocycles. The van der Waals surface area contributed by atoms with Crippen molar-refractivity contribution in [3.05, 3.63) is 51.8 Å². The molecule has 8 heteroatoms. The summed E-state index contributed by atoms with van der Waals surface area (Å²) in [6, 6.07) is 6.39. The van der Waals surface area contributed by atoms with E-state index in [0.717, 1.165) is 22.0 Å². The zero-order chi connectivity index (χ0) is 19.9. The van der Waals surface area contributed by atoms with Crippen LogP contribution in [0.2, 0.25) is 5.02 Å². The quantitative estimate of drug-likeness (QED) is 0.648. The lowest BCUT2D eigenvalue weighted by Crippen LogP contribution is -2.52. The lowest BCUT2D eigenvalue weighted by molar-refractivity contribution is -0.129. The van der Waals surface area contributed by atoms with E-state index in [9.17, 15) is 14.4 Å². The molecule has 1 aliphatic rings. The summed E-state index contributed by atoms with van der Waals surface area (Å²) in [5.41, 5.74) is 2.98. The molecule has 140 valence electrons. The number of likely N-dealkylation sites (N-methyl/N-ethyl adjacent to an activating group) is 1. The van der Waals surface area contributed by atoms with Crippen molar-refractivity contribution in [2.24, 2.45) is 0 Å². The van der Waals surface area contributed by atoms with Crippen molar-refractivity contribution in [2.75, 3.05) is 14.2 Å². The van der Waals surface area contributed by atoms with Crippen LogP contribution in [0.4, 0.5) is 4.79 Å². The van der Waals surface area contributed by atoms with Crippen LogP contribution < -0.4 is 10.1 Å². The third kappa shape index (κ3) is 3.21. The van der Waals surface area contributed by atoms with Gasteiger partial charge in [0.2, 0.25) is 0 Å². The average molecular weight is 388 g/mol. The van der Waals surface area contributed by atoms with Crippen molar-refractivity contribution in [3.8, 4) is 11.4 Å². The summed E-state index contributed by atoms with van der Waals surface area (Å²) in [5, 5.41) is 2.70. The van der Waals surface area contributed by atoms with Crippen LogP contribution in [0, 0.1) is 13.8 Å². The van der Waals surface area contributed by atoms with Gasteiger partial charge in [-0.1, -0.05) is 11.6 Å². The first-order valence-corrected chi connectivity index (χ1v) is 8.50. The normalized spacial score (nSPS) is 16.1. The van der Waals surface area contributed by atoms with E-state index < -0.39 is 17.8 Å². The standard InChI is InChI=1S/C19H18ClN3O4/c1-10-7-12(8-14-17(24)21-19(26)22(3)18(14)25)11(2)23(10)15-9-13(20)5-6-16(15)27-4/h5-9H,1-4H3,(H,21,24,26)/b14-8-. The van der Waals surface area contributed by atoms with E-state index in [1.54, 1.807) is 25.3 Å². The molecule has 27 heavy (non-hydrogen) atoms. The number of benzene rings is 1. The van der Waals surface area contributed by atoms with E-state index >= 15 is 0 Å². The van der Waals surface area contributed by atoms with Gasteiger partial charge >= 0.3 is 6.03 Å². The summed E-state index contributed by atoms with van der Waals surface area (Å²) in [7, 11) is 2.89. The number of urea groups is 1. The number of amides is 4. The Morgan fingerprint density at radius 3 is 2.52 bits per heavy atom. The highest BCUT2D eigenvalue weighted by Gasteiger charge is 2.33. The smallest absolute Gasteiger partial charge is 0.331 e. The lowest BCUT2D eigenvalue weighted by atomic mass is 10.1. The van der Waals surface area contributed by atoms with Crippen molar-refractivity contribution >= 4 is 35.5 Å². The molecular formula is C19H18ClN3O4. The number of halogens is 1. The van der Waals surface area contributed by atoms with Crippen LogP contribution >= 0.6 is 11.6 Å². The summed E-state index contributed by atoms with van der Waals surface area (Å²) >= 11 is 6.14. The highest BCUT2D eigenvalue weighted by Crippen LogP contribution is 2.31. The van der Waals surface area contributed by atoms with Crippen LogP contribution in [-0.4, -0.2) is 41.5 Å². The molecule has 0 saturated carbocycles. The highest BCUT2D eigenvalue weighted by molar-refractivity contribution is 6.31. The van der Waals surface area contributed by atoms with Gasteiger partial charge in [0.15, 0.2) is 0 Å². The number of methoxy groups -OCH3 is 1. The first-order chi connectivity index (χ1) is 12.7. The van der Waals surface area contributed by atoms with E-state index in [2.05, 4.69) is 5.32 Å². The van der Waals surface area contributed by atoms with Crippen LogP contribution in [0.15, 0.2) is 29.8 Å². The zero-order valence-corrected chi connectivity index (χ0v) is 16.0. The second-order valence-electron chi connectivity index (χ2n) is 6.16. The number of carbonyl (C=O) groups is 3.